The first-order valence-corrected chi connectivity index (χ1v) is 6.05. The molecule has 3 N–H and O–H groups in total. The number of benzene rings is 2. The van der Waals surface area contributed by atoms with Crippen LogP contribution in [-0.4, -0.2) is 10.2 Å². The van der Waals surface area contributed by atoms with Crippen LogP contribution in [0.4, 0.5) is 10.1 Å². The summed E-state index contributed by atoms with van der Waals surface area (Å²) < 4.78 is 13.5. The Morgan fingerprint density at radius 3 is 2.50 bits per heavy atom. The van der Waals surface area contributed by atoms with Crippen molar-refractivity contribution in [3.63, 3.8) is 0 Å². The predicted molar refractivity (Wildman–Crippen MR) is 71.2 cm³/mol. The molecule has 0 saturated heterocycles. The monoisotopic (exact) mass is 311 g/mol. The summed E-state index contributed by atoms with van der Waals surface area (Å²) in [7, 11) is 0. The minimum atomic E-state index is -0.310. The van der Waals surface area contributed by atoms with Gasteiger partial charge in [-0.05, 0) is 51.8 Å². The molecular formula is C13H11BrFNO2. The lowest BCUT2D eigenvalue weighted by Gasteiger charge is -2.09. The molecule has 0 unspecified atom stereocenters. The van der Waals surface area contributed by atoms with Crippen molar-refractivity contribution in [2.45, 2.75) is 6.54 Å². The molecule has 5 heteroatoms. The van der Waals surface area contributed by atoms with Crippen LogP contribution in [0.3, 0.4) is 0 Å². The van der Waals surface area contributed by atoms with E-state index in [1.807, 2.05) is 0 Å². The Kier molecular flexibility index (Phi) is 3.72. The average Bonchev–Trinajstić information content (AvgIpc) is 2.32. The van der Waals surface area contributed by atoms with Gasteiger partial charge in [0.15, 0.2) is 11.5 Å². The molecule has 0 fully saturated rings. The van der Waals surface area contributed by atoms with Gasteiger partial charge < -0.3 is 15.5 Å². The molecule has 2 aromatic carbocycles. The van der Waals surface area contributed by atoms with Crippen LogP contribution in [0.5, 0.6) is 11.5 Å². The summed E-state index contributed by atoms with van der Waals surface area (Å²) in [4.78, 5) is 0. The Bertz CT molecular complexity index is 575. The van der Waals surface area contributed by atoms with E-state index in [2.05, 4.69) is 21.2 Å². The number of anilines is 1. The summed E-state index contributed by atoms with van der Waals surface area (Å²) in [6.45, 7) is 0.456. The Morgan fingerprint density at radius 2 is 1.83 bits per heavy atom. The fraction of sp³-hybridized carbons (Fsp3) is 0.0769. The quantitative estimate of drug-likeness (QED) is 0.759. The standard InChI is InChI=1S/C13H11BrFNO2/c14-10-6-9(15)2-3-11(10)16-7-8-1-4-12(17)13(18)5-8/h1-6,16-18H,7H2. The predicted octanol–water partition coefficient (Wildman–Crippen LogP) is 3.61. The minimum Gasteiger partial charge on any atom is -0.504 e. The third kappa shape index (κ3) is 2.92. The lowest BCUT2D eigenvalue weighted by atomic mass is 10.2. The first-order chi connectivity index (χ1) is 8.56. The molecule has 0 amide bonds. The van der Waals surface area contributed by atoms with Gasteiger partial charge in [0.2, 0.25) is 0 Å². The second-order valence-electron chi connectivity index (χ2n) is 3.80. The van der Waals surface area contributed by atoms with Crippen molar-refractivity contribution in [3.05, 3.63) is 52.3 Å². The van der Waals surface area contributed by atoms with Gasteiger partial charge in [-0.3, -0.25) is 0 Å². The molecule has 2 aromatic rings. The maximum Gasteiger partial charge on any atom is 0.157 e. The molecule has 0 heterocycles. The van der Waals surface area contributed by atoms with Crippen LogP contribution in [0.2, 0.25) is 0 Å². The van der Waals surface area contributed by atoms with Gasteiger partial charge >= 0.3 is 0 Å². The van der Waals surface area contributed by atoms with Crippen molar-refractivity contribution in [3.8, 4) is 11.5 Å². The zero-order valence-corrected chi connectivity index (χ0v) is 10.9. The van der Waals surface area contributed by atoms with Gasteiger partial charge in [-0.2, -0.15) is 0 Å². The van der Waals surface area contributed by atoms with Crippen LogP contribution < -0.4 is 5.32 Å². The normalized spacial score (nSPS) is 10.3. The second kappa shape index (κ2) is 5.27. The third-order valence-corrected chi connectivity index (χ3v) is 3.11. The highest BCUT2D eigenvalue weighted by molar-refractivity contribution is 9.10. The summed E-state index contributed by atoms with van der Waals surface area (Å²) in [5.41, 5.74) is 1.56. The van der Waals surface area contributed by atoms with E-state index in [9.17, 15) is 14.6 Å². The van der Waals surface area contributed by atoms with Gasteiger partial charge in [0, 0.05) is 16.7 Å². The molecule has 18 heavy (non-hydrogen) atoms. The number of hydrogen-bond acceptors (Lipinski definition) is 3. The lowest BCUT2D eigenvalue weighted by molar-refractivity contribution is 0.403. The first-order valence-electron chi connectivity index (χ1n) is 5.26. The zero-order chi connectivity index (χ0) is 13.1. The summed E-state index contributed by atoms with van der Waals surface area (Å²) >= 11 is 3.25. The van der Waals surface area contributed by atoms with E-state index in [1.54, 1.807) is 12.1 Å². The molecule has 3 nitrogen and oxygen atoms in total. The molecule has 0 radical (unpaired) electrons. The van der Waals surface area contributed by atoms with Crippen molar-refractivity contribution in [1.82, 2.24) is 0 Å². The lowest BCUT2D eigenvalue weighted by Crippen LogP contribution is -2.00. The summed E-state index contributed by atoms with van der Waals surface area (Å²) in [6, 6.07) is 8.95. The van der Waals surface area contributed by atoms with Crippen molar-refractivity contribution in [1.29, 1.82) is 0 Å². The van der Waals surface area contributed by atoms with Crippen molar-refractivity contribution >= 4 is 21.6 Å². The summed E-state index contributed by atoms with van der Waals surface area (Å²) in [6.07, 6.45) is 0. The van der Waals surface area contributed by atoms with Crippen LogP contribution in [0.1, 0.15) is 5.56 Å². The maximum atomic E-state index is 12.9. The molecule has 0 saturated carbocycles. The molecule has 94 valence electrons. The Morgan fingerprint density at radius 1 is 1.06 bits per heavy atom. The van der Waals surface area contributed by atoms with Gasteiger partial charge in [-0.1, -0.05) is 6.07 Å². The zero-order valence-electron chi connectivity index (χ0n) is 9.32. The Labute approximate surface area is 112 Å². The van der Waals surface area contributed by atoms with Crippen LogP contribution in [0.15, 0.2) is 40.9 Å². The highest BCUT2D eigenvalue weighted by Crippen LogP contribution is 2.27. The van der Waals surface area contributed by atoms with Gasteiger partial charge in [-0.15, -0.1) is 0 Å². The number of phenolic OH excluding ortho intramolecular Hbond substituents is 2. The molecule has 0 aliphatic rings. The molecule has 0 atom stereocenters. The van der Waals surface area contributed by atoms with E-state index in [0.29, 0.717) is 11.0 Å². The van der Waals surface area contributed by atoms with Crippen LogP contribution in [0.25, 0.3) is 0 Å². The number of halogens is 2. The first kappa shape index (κ1) is 12.7. The van der Waals surface area contributed by atoms with Crippen molar-refractivity contribution < 1.29 is 14.6 Å². The SMILES string of the molecule is Oc1ccc(CNc2ccc(F)cc2Br)cc1O. The van der Waals surface area contributed by atoms with Crippen LogP contribution in [0, 0.1) is 5.82 Å². The fourth-order valence-corrected chi connectivity index (χ4v) is 2.00. The highest BCUT2D eigenvalue weighted by atomic mass is 79.9. The number of nitrogens with one attached hydrogen (secondary N) is 1. The van der Waals surface area contributed by atoms with Crippen molar-refractivity contribution in [2.75, 3.05) is 5.32 Å². The minimum absolute atomic E-state index is 0.151. The number of phenols is 2. The largest absolute Gasteiger partial charge is 0.504 e. The second-order valence-corrected chi connectivity index (χ2v) is 4.66. The van der Waals surface area contributed by atoms with Gasteiger partial charge in [-0.25, -0.2) is 4.39 Å². The molecular weight excluding hydrogens is 301 g/mol. The molecule has 0 spiro atoms. The average molecular weight is 312 g/mol. The van der Waals surface area contributed by atoms with E-state index >= 15 is 0 Å². The van der Waals surface area contributed by atoms with Crippen LogP contribution in [-0.2, 0) is 6.54 Å². The number of aromatic hydroxyl groups is 2. The number of hydrogen-bond donors (Lipinski definition) is 3. The van der Waals surface area contributed by atoms with E-state index in [-0.39, 0.29) is 17.3 Å². The molecule has 2 rings (SSSR count). The molecule has 0 aliphatic carbocycles. The van der Waals surface area contributed by atoms with Crippen molar-refractivity contribution in [2.24, 2.45) is 0 Å². The van der Waals surface area contributed by atoms with E-state index in [4.69, 9.17) is 0 Å². The smallest absolute Gasteiger partial charge is 0.157 e. The Hall–Kier alpha value is -1.75. The summed E-state index contributed by atoms with van der Waals surface area (Å²) in [5, 5.41) is 21.6. The van der Waals surface area contributed by atoms with Gasteiger partial charge in [0.25, 0.3) is 0 Å². The fourth-order valence-electron chi connectivity index (χ4n) is 1.51. The van der Waals surface area contributed by atoms with Gasteiger partial charge in [0.1, 0.15) is 5.82 Å². The third-order valence-electron chi connectivity index (χ3n) is 2.45. The molecule has 0 aliphatic heterocycles. The van der Waals surface area contributed by atoms with Crippen LogP contribution >= 0.6 is 15.9 Å². The molecule has 0 bridgehead atoms. The highest BCUT2D eigenvalue weighted by Gasteiger charge is 2.03. The topological polar surface area (TPSA) is 52.5 Å². The molecule has 0 aromatic heterocycles. The Balaban J connectivity index is 2.09. The number of rotatable bonds is 3. The van der Waals surface area contributed by atoms with E-state index in [0.717, 1.165) is 11.3 Å². The van der Waals surface area contributed by atoms with E-state index in [1.165, 1.54) is 24.3 Å². The van der Waals surface area contributed by atoms with Gasteiger partial charge in [0.05, 0.1) is 0 Å². The summed E-state index contributed by atoms with van der Waals surface area (Å²) in [5.74, 6) is -0.621. The maximum absolute atomic E-state index is 12.9. The van der Waals surface area contributed by atoms with E-state index < -0.39 is 0 Å².